The number of hydrogen-bond donors (Lipinski definition) is 1. The van der Waals surface area contributed by atoms with Crippen LogP contribution in [-0.4, -0.2) is 36.3 Å². The van der Waals surface area contributed by atoms with Gasteiger partial charge in [0, 0.05) is 18.6 Å². The van der Waals surface area contributed by atoms with E-state index in [0.29, 0.717) is 12.4 Å². The number of anilines is 1. The SMILES string of the molecule is CCOC(=O)CN(C)c1nccc2ccc(O)cc12. The highest BCUT2D eigenvalue weighted by atomic mass is 16.5. The minimum atomic E-state index is -0.302. The second kappa shape index (κ2) is 5.56. The van der Waals surface area contributed by atoms with Crippen molar-refractivity contribution in [2.24, 2.45) is 0 Å². The van der Waals surface area contributed by atoms with Crippen molar-refractivity contribution in [1.82, 2.24) is 4.98 Å². The molecule has 0 saturated carbocycles. The van der Waals surface area contributed by atoms with Crippen LogP contribution in [0.4, 0.5) is 5.82 Å². The van der Waals surface area contributed by atoms with Gasteiger partial charge in [0.1, 0.15) is 18.1 Å². The monoisotopic (exact) mass is 260 g/mol. The Bertz CT molecular complexity index is 598. The first-order valence-corrected chi connectivity index (χ1v) is 6.06. The van der Waals surface area contributed by atoms with Gasteiger partial charge in [-0.15, -0.1) is 0 Å². The number of carbonyl (C=O) groups is 1. The number of esters is 1. The van der Waals surface area contributed by atoms with Gasteiger partial charge in [-0.1, -0.05) is 6.07 Å². The van der Waals surface area contributed by atoms with Crippen molar-refractivity contribution in [3.63, 3.8) is 0 Å². The number of fused-ring (bicyclic) bond motifs is 1. The summed E-state index contributed by atoms with van der Waals surface area (Å²) >= 11 is 0. The minimum Gasteiger partial charge on any atom is -0.508 e. The number of phenolic OH excluding ortho intramolecular Hbond substituents is 1. The fraction of sp³-hybridized carbons (Fsp3) is 0.286. The number of pyridine rings is 1. The van der Waals surface area contributed by atoms with Crippen molar-refractivity contribution in [1.29, 1.82) is 0 Å². The average molecular weight is 260 g/mol. The Kier molecular flexibility index (Phi) is 3.85. The van der Waals surface area contributed by atoms with Crippen molar-refractivity contribution < 1.29 is 14.6 Å². The predicted octanol–water partition coefficient (Wildman–Crippen LogP) is 1.94. The number of rotatable bonds is 4. The van der Waals surface area contributed by atoms with Crippen LogP contribution < -0.4 is 4.90 Å². The van der Waals surface area contributed by atoms with Crippen molar-refractivity contribution in [2.45, 2.75) is 6.92 Å². The van der Waals surface area contributed by atoms with E-state index in [0.717, 1.165) is 10.8 Å². The van der Waals surface area contributed by atoms with Crippen LogP contribution in [0.5, 0.6) is 5.75 Å². The van der Waals surface area contributed by atoms with Crippen LogP contribution in [-0.2, 0) is 9.53 Å². The van der Waals surface area contributed by atoms with Crippen LogP contribution in [0.25, 0.3) is 10.8 Å². The maximum absolute atomic E-state index is 11.5. The molecule has 0 bridgehead atoms. The van der Waals surface area contributed by atoms with E-state index in [-0.39, 0.29) is 18.3 Å². The number of aromatic hydroxyl groups is 1. The molecule has 1 aromatic carbocycles. The lowest BCUT2D eigenvalue weighted by Crippen LogP contribution is -2.27. The first-order valence-electron chi connectivity index (χ1n) is 6.06. The van der Waals surface area contributed by atoms with Crippen molar-refractivity contribution in [3.05, 3.63) is 30.5 Å². The molecule has 1 aromatic heterocycles. The molecule has 2 rings (SSSR count). The third kappa shape index (κ3) is 2.93. The molecule has 0 spiro atoms. The standard InChI is InChI=1S/C14H16N2O3/c1-3-19-13(18)9-16(2)14-12-8-11(17)5-4-10(12)6-7-15-14/h4-8,17H,3,9H2,1-2H3. The summed E-state index contributed by atoms with van der Waals surface area (Å²) in [5.41, 5.74) is 0. The van der Waals surface area contributed by atoms with Gasteiger partial charge in [-0.3, -0.25) is 4.79 Å². The highest BCUT2D eigenvalue weighted by Gasteiger charge is 2.12. The first kappa shape index (κ1) is 13.1. The van der Waals surface area contributed by atoms with Gasteiger partial charge in [-0.25, -0.2) is 4.98 Å². The zero-order valence-corrected chi connectivity index (χ0v) is 11.0. The van der Waals surface area contributed by atoms with Crippen LogP contribution in [0.15, 0.2) is 30.5 Å². The van der Waals surface area contributed by atoms with Gasteiger partial charge in [0.25, 0.3) is 0 Å². The minimum absolute atomic E-state index is 0.121. The third-order valence-corrected chi connectivity index (χ3v) is 2.76. The van der Waals surface area contributed by atoms with Gasteiger partial charge in [0.15, 0.2) is 0 Å². The second-order valence-corrected chi connectivity index (χ2v) is 4.20. The predicted molar refractivity (Wildman–Crippen MR) is 73.3 cm³/mol. The van der Waals surface area contributed by atoms with Crippen LogP contribution in [0.1, 0.15) is 6.92 Å². The molecule has 5 heteroatoms. The van der Waals surface area contributed by atoms with Crippen LogP contribution in [0.3, 0.4) is 0 Å². The van der Waals surface area contributed by atoms with Gasteiger partial charge >= 0.3 is 5.97 Å². The normalized spacial score (nSPS) is 10.4. The summed E-state index contributed by atoms with van der Waals surface area (Å²) in [6.07, 6.45) is 1.68. The molecule has 2 aromatic rings. The molecule has 0 aliphatic heterocycles. The smallest absolute Gasteiger partial charge is 0.325 e. The fourth-order valence-corrected chi connectivity index (χ4v) is 1.92. The Morgan fingerprint density at radius 1 is 1.42 bits per heavy atom. The second-order valence-electron chi connectivity index (χ2n) is 4.20. The van der Waals surface area contributed by atoms with Gasteiger partial charge in [0.2, 0.25) is 0 Å². The largest absolute Gasteiger partial charge is 0.508 e. The Labute approximate surface area is 111 Å². The van der Waals surface area contributed by atoms with Gasteiger partial charge < -0.3 is 14.7 Å². The average Bonchev–Trinajstić information content (AvgIpc) is 2.38. The fourth-order valence-electron chi connectivity index (χ4n) is 1.92. The number of aromatic nitrogens is 1. The van der Waals surface area contributed by atoms with E-state index in [1.54, 1.807) is 37.2 Å². The number of ether oxygens (including phenoxy) is 1. The topological polar surface area (TPSA) is 62.7 Å². The molecular weight excluding hydrogens is 244 g/mol. The van der Waals surface area contributed by atoms with E-state index in [1.165, 1.54) is 0 Å². The molecule has 1 heterocycles. The van der Waals surface area contributed by atoms with Gasteiger partial charge in [-0.05, 0) is 30.5 Å². The number of benzene rings is 1. The lowest BCUT2D eigenvalue weighted by atomic mass is 10.1. The van der Waals surface area contributed by atoms with Crippen molar-refractivity contribution in [2.75, 3.05) is 25.1 Å². The Hall–Kier alpha value is -2.30. The molecule has 0 atom stereocenters. The molecule has 0 radical (unpaired) electrons. The number of phenols is 1. The van der Waals surface area contributed by atoms with Gasteiger partial charge in [-0.2, -0.15) is 0 Å². The highest BCUT2D eigenvalue weighted by Crippen LogP contribution is 2.26. The van der Waals surface area contributed by atoms with E-state index in [9.17, 15) is 9.90 Å². The van der Waals surface area contributed by atoms with E-state index >= 15 is 0 Å². The van der Waals surface area contributed by atoms with Crippen molar-refractivity contribution >= 4 is 22.6 Å². The summed E-state index contributed by atoms with van der Waals surface area (Å²) in [5, 5.41) is 11.3. The highest BCUT2D eigenvalue weighted by molar-refractivity contribution is 5.94. The molecule has 0 unspecified atom stereocenters. The number of nitrogens with zero attached hydrogens (tertiary/aromatic N) is 2. The zero-order valence-electron chi connectivity index (χ0n) is 11.0. The van der Waals surface area contributed by atoms with E-state index < -0.39 is 0 Å². The molecule has 0 saturated heterocycles. The molecule has 0 aliphatic rings. The molecular formula is C14H16N2O3. The van der Waals surface area contributed by atoms with Crippen LogP contribution >= 0.6 is 0 Å². The lowest BCUT2D eigenvalue weighted by Gasteiger charge is -2.18. The molecule has 1 N–H and O–H groups in total. The summed E-state index contributed by atoms with van der Waals surface area (Å²) in [6.45, 7) is 2.25. The third-order valence-electron chi connectivity index (χ3n) is 2.76. The number of carbonyl (C=O) groups excluding carboxylic acids is 1. The van der Waals surface area contributed by atoms with E-state index in [2.05, 4.69) is 4.98 Å². The number of hydrogen-bond acceptors (Lipinski definition) is 5. The molecule has 19 heavy (non-hydrogen) atoms. The Morgan fingerprint density at radius 3 is 2.95 bits per heavy atom. The maximum atomic E-state index is 11.5. The maximum Gasteiger partial charge on any atom is 0.325 e. The zero-order chi connectivity index (χ0) is 13.8. The summed E-state index contributed by atoms with van der Waals surface area (Å²) in [4.78, 5) is 17.5. The summed E-state index contributed by atoms with van der Waals surface area (Å²) in [5.74, 6) is 0.511. The van der Waals surface area contributed by atoms with E-state index in [1.807, 2.05) is 12.1 Å². The molecule has 0 aliphatic carbocycles. The summed E-state index contributed by atoms with van der Waals surface area (Å²) in [6, 6.07) is 6.93. The molecule has 5 nitrogen and oxygen atoms in total. The number of likely N-dealkylation sites (N-methyl/N-ethyl adjacent to an activating group) is 1. The van der Waals surface area contributed by atoms with Crippen LogP contribution in [0.2, 0.25) is 0 Å². The van der Waals surface area contributed by atoms with E-state index in [4.69, 9.17) is 4.74 Å². The van der Waals surface area contributed by atoms with Gasteiger partial charge in [0.05, 0.1) is 6.61 Å². The van der Waals surface area contributed by atoms with Crippen LogP contribution in [0, 0.1) is 0 Å². The molecule has 100 valence electrons. The quantitative estimate of drug-likeness (QED) is 0.851. The summed E-state index contributed by atoms with van der Waals surface area (Å²) in [7, 11) is 1.77. The lowest BCUT2D eigenvalue weighted by molar-refractivity contribution is -0.141. The molecule has 0 fully saturated rings. The van der Waals surface area contributed by atoms with Crippen molar-refractivity contribution in [3.8, 4) is 5.75 Å². The Morgan fingerprint density at radius 2 is 2.21 bits per heavy atom. The first-order chi connectivity index (χ1) is 9.11. The molecule has 0 amide bonds. The Balaban J connectivity index is 2.33. The summed E-state index contributed by atoms with van der Waals surface area (Å²) < 4.78 is 4.91.